The molecule has 8 heteroatoms. The molecule has 0 saturated heterocycles. The summed E-state index contributed by atoms with van der Waals surface area (Å²) >= 11 is 0. The molecule has 0 spiro atoms. The first kappa shape index (κ1) is 19.8. The standard InChI is InChI=1S/C21H20F2N2O3S/c22-17-7-8-18(23)21(12-17)29(26,27)24-13-19(20-6-3-11-28-20)25-10-9-15-4-1-2-5-16(15)14-25/h1-8,11-12,19,24H,9-10,13-14H2/t19-/m0/s1. The normalized spacial score (nSPS) is 15.8. The summed E-state index contributed by atoms with van der Waals surface area (Å²) in [6, 6.07) is 13.6. The molecular weight excluding hydrogens is 398 g/mol. The minimum absolute atomic E-state index is 0.0338. The molecule has 1 aliphatic rings. The van der Waals surface area contributed by atoms with E-state index in [9.17, 15) is 17.2 Å². The van der Waals surface area contributed by atoms with Gasteiger partial charge in [-0.05, 0) is 47.9 Å². The summed E-state index contributed by atoms with van der Waals surface area (Å²) in [5, 5.41) is 0. The van der Waals surface area contributed by atoms with Crippen molar-refractivity contribution in [3.63, 3.8) is 0 Å². The van der Waals surface area contributed by atoms with Crippen LogP contribution in [0.1, 0.15) is 22.9 Å². The van der Waals surface area contributed by atoms with E-state index in [2.05, 4.69) is 15.7 Å². The molecule has 1 atom stereocenters. The SMILES string of the molecule is O=S(=O)(NC[C@@H](c1ccco1)N1CCc2ccccc2C1)c1cc(F)ccc1F. The van der Waals surface area contributed by atoms with Crippen molar-refractivity contribution >= 4 is 10.0 Å². The topological polar surface area (TPSA) is 62.6 Å². The van der Waals surface area contributed by atoms with Gasteiger partial charge >= 0.3 is 0 Å². The molecule has 0 aliphatic carbocycles. The lowest BCUT2D eigenvalue weighted by atomic mass is 9.98. The molecule has 0 unspecified atom stereocenters. The van der Waals surface area contributed by atoms with Gasteiger partial charge in [-0.1, -0.05) is 24.3 Å². The Hall–Kier alpha value is -2.55. The highest BCUT2D eigenvalue weighted by Crippen LogP contribution is 2.28. The summed E-state index contributed by atoms with van der Waals surface area (Å²) < 4.78 is 60.6. The summed E-state index contributed by atoms with van der Waals surface area (Å²) in [7, 11) is -4.23. The summed E-state index contributed by atoms with van der Waals surface area (Å²) in [5.74, 6) is -1.21. The lowest BCUT2D eigenvalue weighted by Gasteiger charge is -2.34. The Bertz CT molecular complexity index is 1100. The Labute approximate surface area is 168 Å². The number of rotatable bonds is 6. The molecule has 0 bridgehead atoms. The van der Waals surface area contributed by atoms with Crippen LogP contribution in [0, 0.1) is 11.6 Å². The molecule has 2 aromatic carbocycles. The number of furan rings is 1. The Balaban J connectivity index is 1.57. The van der Waals surface area contributed by atoms with Crippen LogP contribution in [-0.4, -0.2) is 26.4 Å². The minimum atomic E-state index is -4.23. The number of fused-ring (bicyclic) bond motifs is 1. The van der Waals surface area contributed by atoms with E-state index in [4.69, 9.17) is 4.42 Å². The average Bonchev–Trinajstić information content (AvgIpc) is 3.24. The number of benzene rings is 2. The van der Waals surface area contributed by atoms with Crippen LogP contribution in [0.15, 0.2) is 70.2 Å². The van der Waals surface area contributed by atoms with E-state index in [1.165, 1.54) is 17.4 Å². The van der Waals surface area contributed by atoms with Crippen LogP contribution in [0.2, 0.25) is 0 Å². The molecule has 0 saturated carbocycles. The molecule has 0 fully saturated rings. The zero-order chi connectivity index (χ0) is 20.4. The molecule has 152 valence electrons. The second-order valence-electron chi connectivity index (χ2n) is 6.95. The molecule has 29 heavy (non-hydrogen) atoms. The molecule has 5 nitrogen and oxygen atoms in total. The predicted molar refractivity (Wildman–Crippen MR) is 104 cm³/mol. The van der Waals surface area contributed by atoms with Crippen molar-refractivity contribution in [1.29, 1.82) is 0 Å². The van der Waals surface area contributed by atoms with Gasteiger partial charge in [0.2, 0.25) is 10.0 Å². The van der Waals surface area contributed by atoms with Crippen molar-refractivity contribution in [3.8, 4) is 0 Å². The van der Waals surface area contributed by atoms with Gasteiger partial charge in [0.05, 0.1) is 12.3 Å². The van der Waals surface area contributed by atoms with Crippen molar-refractivity contribution in [2.45, 2.75) is 23.9 Å². The molecule has 0 radical (unpaired) electrons. The Kier molecular flexibility index (Phi) is 5.49. The highest BCUT2D eigenvalue weighted by Gasteiger charge is 2.29. The van der Waals surface area contributed by atoms with Crippen molar-refractivity contribution < 1.29 is 21.6 Å². The van der Waals surface area contributed by atoms with Gasteiger partial charge in [0.1, 0.15) is 22.3 Å². The first-order chi connectivity index (χ1) is 13.9. The maximum absolute atomic E-state index is 14.0. The quantitative estimate of drug-likeness (QED) is 0.664. The summed E-state index contributed by atoms with van der Waals surface area (Å²) in [5.41, 5.74) is 2.44. The van der Waals surface area contributed by atoms with Crippen molar-refractivity contribution in [2.24, 2.45) is 0 Å². The summed E-state index contributed by atoms with van der Waals surface area (Å²) in [4.78, 5) is 1.41. The molecule has 3 aromatic rings. The molecule has 1 aliphatic heterocycles. The second kappa shape index (κ2) is 8.06. The van der Waals surface area contributed by atoms with Gasteiger partial charge in [-0.2, -0.15) is 0 Å². The average molecular weight is 418 g/mol. The van der Waals surface area contributed by atoms with Crippen LogP contribution >= 0.6 is 0 Å². The summed E-state index contributed by atoms with van der Waals surface area (Å²) in [6.07, 6.45) is 2.36. The smallest absolute Gasteiger partial charge is 0.243 e. The van der Waals surface area contributed by atoms with Gasteiger partial charge in [0.15, 0.2) is 0 Å². The third kappa shape index (κ3) is 4.24. The van der Waals surface area contributed by atoms with Crippen molar-refractivity contribution in [1.82, 2.24) is 9.62 Å². The van der Waals surface area contributed by atoms with Crippen LogP contribution < -0.4 is 4.72 Å². The number of halogens is 2. The van der Waals surface area contributed by atoms with E-state index in [1.54, 1.807) is 12.1 Å². The van der Waals surface area contributed by atoms with Gasteiger partial charge < -0.3 is 4.42 Å². The fraction of sp³-hybridized carbons (Fsp3) is 0.238. The third-order valence-corrected chi connectivity index (χ3v) is 6.56. The fourth-order valence-electron chi connectivity index (χ4n) is 3.62. The third-order valence-electron chi connectivity index (χ3n) is 5.12. The van der Waals surface area contributed by atoms with Crippen LogP contribution in [0.3, 0.4) is 0 Å². The fourth-order valence-corrected chi connectivity index (χ4v) is 4.75. The highest BCUT2D eigenvalue weighted by atomic mass is 32.2. The molecule has 0 amide bonds. The lowest BCUT2D eigenvalue weighted by molar-refractivity contribution is 0.160. The van der Waals surface area contributed by atoms with E-state index in [0.29, 0.717) is 18.4 Å². The van der Waals surface area contributed by atoms with Crippen LogP contribution in [0.25, 0.3) is 0 Å². The Morgan fingerprint density at radius 3 is 2.62 bits per heavy atom. The number of hydrogen-bond acceptors (Lipinski definition) is 4. The van der Waals surface area contributed by atoms with Crippen LogP contribution in [0.4, 0.5) is 8.78 Å². The zero-order valence-electron chi connectivity index (χ0n) is 15.5. The second-order valence-corrected chi connectivity index (χ2v) is 8.68. The van der Waals surface area contributed by atoms with Gasteiger partial charge in [-0.3, -0.25) is 4.90 Å². The van der Waals surface area contributed by atoms with Crippen molar-refractivity contribution in [2.75, 3.05) is 13.1 Å². The summed E-state index contributed by atoms with van der Waals surface area (Å²) in [6.45, 7) is 1.32. The van der Waals surface area contributed by atoms with E-state index >= 15 is 0 Å². The molecular formula is C21H20F2N2O3S. The van der Waals surface area contributed by atoms with Gasteiger partial charge in [-0.15, -0.1) is 0 Å². The first-order valence-electron chi connectivity index (χ1n) is 9.23. The van der Waals surface area contributed by atoms with Gasteiger partial charge in [0.25, 0.3) is 0 Å². The number of nitrogens with one attached hydrogen (secondary N) is 1. The monoisotopic (exact) mass is 418 g/mol. The molecule has 4 rings (SSSR count). The van der Waals surface area contributed by atoms with Crippen LogP contribution in [-0.2, 0) is 23.0 Å². The number of nitrogens with zero attached hydrogens (tertiary/aromatic N) is 1. The van der Waals surface area contributed by atoms with Gasteiger partial charge in [-0.25, -0.2) is 21.9 Å². The molecule has 2 heterocycles. The van der Waals surface area contributed by atoms with Crippen LogP contribution in [0.5, 0.6) is 0 Å². The Morgan fingerprint density at radius 1 is 1.07 bits per heavy atom. The number of sulfonamides is 1. The van der Waals surface area contributed by atoms with E-state index in [-0.39, 0.29) is 12.6 Å². The molecule has 1 aromatic heterocycles. The maximum atomic E-state index is 14.0. The van der Waals surface area contributed by atoms with E-state index in [1.807, 2.05) is 18.2 Å². The predicted octanol–water partition coefficient (Wildman–Crippen LogP) is 3.64. The van der Waals surface area contributed by atoms with Gasteiger partial charge in [0, 0.05) is 19.6 Å². The molecule has 1 N–H and O–H groups in total. The largest absolute Gasteiger partial charge is 0.468 e. The maximum Gasteiger partial charge on any atom is 0.243 e. The Morgan fingerprint density at radius 2 is 1.86 bits per heavy atom. The lowest BCUT2D eigenvalue weighted by Crippen LogP contribution is -2.40. The zero-order valence-corrected chi connectivity index (χ0v) is 16.3. The highest BCUT2D eigenvalue weighted by molar-refractivity contribution is 7.89. The minimum Gasteiger partial charge on any atom is -0.468 e. The van der Waals surface area contributed by atoms with E-state index in [0.717, 1.165) is 25.1 Å². The van der Waals surface area contributed by atoms with E-state index < -0.39 is 26.6 Å². The first-order valence-corrected chi connectivity index (χ1v) is 10.7. The number of hydrogen-bond donors (Lipinski definition) is 1. The van der Waals surface area contributed by atoms with Crippen molar-refractivity contribution in [3.05, 3.63) is 89.4 Å².